The molecule has 0 aromatic rings. The highest BCUT2D eigenvalue weighted by Gasteiger charge is 2.42. The molecule has 3 fully saturated rings. The van der Waals surface area contributed by atoms with Crippen molar-refractivity contribution in [3.8, 4) is 0 Å². The van der Waals surface area contributed by atoms with Crippen LogP contribution in [0.1, 0.15) is 38.5 Å². The number of hydrogen-bond donors (Lipinski definition) is 0. The van der Waals surface area contributed by atoms with E-state index in [1.165, 1.54) is 7.11 Å². The van der Waals surface area contributed by atoms with Gasteiger partial charge in [-0.1, -0.05) is 0 Å². The second-order valence-corrected chi connectivity index (χ2v) is 6.65. The fourth-order valence-corrected chi connectivity index (χ4v) is 4.10. The Morgan fingerprint density at radius 1 is 1.24 bits per heavy atom. The van der Waals surface area contributed by atoms with Gasteiger partial charge in [0.2, 0.25) is 0 Å². The number of rotatable bonds is 2. The third-order valence-corrected chi connectivity index (χ3v) is 5.37. The molecule has 5 nitrogen and oxygen atoms in total. The summed E-state index contributed by atoms with van der Waals surface area (Å²) in [6.07, 6.45) is 6.24. The summed E-state index contributed by atoms with van der Waals surface area (Å²) in [7, 11) is 1.49. The molecule has 120 valence electrons. The van der Waals surface area contributed by atoms with Crippen LogP contribution in [0.3, 0.4) is 0 Å². The molecule has 0 aromatic carbocycles. The average molecular weight is 297 g/mol. The maximum Gasteiger partial charge on any atom is 0.309 e. The highest BCUT2D eigenvalue weighted by molar-refractivity contribution is 5.72. The lowest BCUT2D eigenvalue weighted by atomic mass is 9.82. The standard InChI is InChI=1S/C16H27NO4/c1-19-15(18)13-3-2-7-17(12-13)14-4-8-21-16(11-14)5-9-20-10-6-16/h13-14H,2-12H2,1H3. The normalized spacial score (nSPS) is 33.8. The molecule has 0 bridgehead atoms. The number of carbonyl (C=O) groups excluding carboxylic acids is 1. The third-order valence-electron chi connectivity index (χ3n) is 5.37. The van der Waals surface area contributed by atoms with Gasteiger partial charge in [0.05, 0.1) is 18.6 Å². The van der Waals surface area contributed by atoms with Crippen LogP contribution in [-0.2, 0) is 19.0 Å². The quantitative estimate of drug-likeness (QED) is 0.725. The molecule has 3 aliphatic heterocycles. The van der Waals surface area contributed by atoms with E-state index >= 15 is 0 Å². The van der Waals surface area contributed by atoms with Crippen molar-refractivity contribution < 1.29 is 19.0 Å². The number of likely N-dealkylation sites (tertiary alicyclic amines) is 1. The molecule has 1 spiro atoms. The second kappa shape index (κ2) is 6.63. The molecule has 0 amide bonds. The van der Waals surface area contributed by atoms with Crippen LogP contribution < -0.4 is 0 Å². The Hall–Kier alpha value is -0.650. The predicted molar refractivity (Wildman–Crippen MR) is 78.1 cm³/mol. The maximum absolute atomic E-state index is 11.8. The van der Waals surface area contributed by atoms with Crippen molar-refractivity contribution in [2.24, 2.45) is 5.92 Å². The summed E-state index contributed by atoms with van der Waals surface area (Å²) in [4.78, 5) is 14.3. The molecule has 3 saturated heterocycles. The molecule has 3 rings (SSSR count). The summed E-state index contributed by atoms with van der Waals surface area (Å²) in [5, 5.41) is 0. The zero-order chi connectivity index (χ0) is 14.7. The first-order valence-electron chi connectivity index (χ1n) is 8.26. The Balaban J connectivity index is 1.61. The largest absolute Gasteiger partial charge is 0.469 e. The van der Waals surface area contributed by atoms with Crippen molar-refractivity contribution in [3.05, 3.63) is 0 Å². The molecule has 2 unspecified atom stereocenters. The second-order valence-electron chi connectivity index (χ2n) is 6.65. The third kappa shape index (κ3) is 3.41. The highest BCUT2D eigenvalue weighted by atomic mass is 16.5. The van der Waals surface area contributed by atoms with Crippen LogP contribution in [0.2, 0.25) is 0 Å². The molecule has 0 N–H and O–H groups in total. The summed E-state index contributed by atoms with van der Waals surface area (Å²) < 4.78 is 16.5. The van der Waals surface area contributed by atoms with Gasteiger partial charge in [-0.2, -0.15) is 0 Å². The van der Waals surface area contributed by atoms with E-state index in [1.807, 2.05) is 0 Å². The van der Waals surface area contributed by atoms with Gasteiger partial charge in [-0.05, 0) is 45.1 Å². The zero-order valence-corrected chi connectivity index (χ0v) is 13.0. The van der Waals surface area contributed by atoms with Crippen LogP contribution >= 0.6 is 0 Å². The lowest BCUT2D eigenvalue weighted by Gasteiger charge is -2.47. The van der Waals surface area contributed by atoms with Gasteiger partial charge in [0.25, 0.3) is 0 Å². The minimum Gasteiger partial charge on any atom is -0.469 e. The minimum absolute atomic E-state index is 0.0272. The Kier molecular flexibility index (Phi) is 4.82. The molecule has 3 aliphatic rings. The Morgan fingerprint density at radius 2 is 2.05 bits per heavy atom. The molecule has 0 aliphatic carbocycles. The molecular weight excluding hydrogens is 270 g/mol. The van der Waals surface area contributed by atoms with Crippen molar-refractivity contribution >= 4 is 5.97 Å². The van der Waals surface area contributed by atoms with Crippen molar-refractivity contribution in [3.63, 3.8) is 0 Å². The fraction of sp³-hybridized carbons (Fsp3) is 0.938. The summed E-state index contributed by atoms with van der Waals surface area (Å²) in [5.41, 5.74) is 0.0272. The Bertz CT molecular complexity index is 362. The van der Waals surface area contributed by atoms with E-state index in [-0.39, 0.29) is 17.5 Å². The molecule has 21 heavy (non-hydrogen) atoms. The van der Waals surface area contributed by atoms with Crippen molar-refractivity contribution in [2.75, 3.05) is 40.0 Å². The molecule has 2 atom stereocenters. The highest BCUT2D eigenvalue weighted by Crippen LogP contribution is 2.37. The van der Waals surface area contributed by atoms with E-state index in [9.17, 15) is 4.79 Å². The summed E-state index contributed by atoms with van der Waals surface area (Å²) in [6.45, 7) is 4.42. The zero-order valence-electron chi connectivity index (χ0n) is 13.0. The van der Waals surface area contributed by atoms with Crippen molar-refractivity contribution in [1.82, 2.24) is 4.90 Å². The number of hydrogen-bond acceptors (Lipinski definition) is 5. The van der Waals surface area contributed by atoms with Gasteiger partial charge in [0.1, 0.15) is 0 Å². The van der Waals surface area contributed by atoms with Crippen LogP contribution in [0.25, 0.3) is 0 Å². The first-order chi connectivity index (χ1) is 10.2. The van der Waals surface area contributed by atoms with E-state index in [0.29, 0.717) is 6.04 Å². The van der Waals surface area contributed by atoms with Crippen molar-refractivity contribution in [2.45, 2.75) is 50.2 Å². The smallest absolute Gasteiger partial charge is 0.309 e. The molecular formula is C16H27NO4. The summed E-state index contributed by atoms with van der Waals surface area (Å²) >= 11 is 0. The molecule has 0 radical (unpaired) electrons. The number of nitrogens with zero attached hydrogens (tertiary/aromatic N) is 1. The maximum atomic E-state index is 11.8. The van der Waals surface area contributed by atoms with Gasteiger partial charge in [-0.25, -0.2) is 0 Å². The minimum atomic E-state index is -0.0486. The lowest BCUT2D eigenvalue weighted by molar-refractivity contribution is -0.157. The van der Waals surface area contributed by atoms with Crippen LogP contribution in [0, 0.1) is 5.92 Å². The topological polar surface area (TPSA) is 48.0 Å². The summed E-state index contributed by atoms with van der Waals surface area (Å²) in [6, 6.07) is 0.546. The van der Waals surface area contributed by atoms with Crippen molar-refractivity contribution in [1.29, 1.82) is 0 Å². The Morgan fingerprint density at radius 3 is 2.81 bits per heavy atom. The molecule has 0 aromatic heterocycles. The van der Waals surface area contributed by atoms with Gasteiger partial charge in [-0.3, -0.25) is 9.69 Å². The number of esters is 1. The Labute approximate surface area is 126 Å². The first-order valence-corrected chi connectivity index (χ1v) is 8.26. The first kappa shape index (κ1) is 15.3. The van der Waals surface area contributed by atoms with Gasteiger partial charge in [0, 0.05) is 32.4 Å². The SMILES string of the molecule is COC(=O)C1CCCN(C2CCOC3(CCOCC3)C2)C1. The van der Waals surface area contributed by atoms with E-state index in [0.717, 1.165) is 71.4 Å². The van der Waals surface area contributed by atoms with E-state index in [1.54, 1.807) is 0 Å². The van der Waals surface area contributed by atoms with Gasteiger partial charge in [0.15, 0.2) is 0 Å². The molecule has 3 heterocycles. The van der Waals surface area contributed by atoms with E-state index in [4.69, 9.17) is 14.2 Å². The lowest BCUT2D eigenvalue weighted by Crippen LogP contribution is -2.53. The van der Waals surface area contributed by atoms with Crippen LogP contribution in [-0.4, -0.2) is 62.5 Å². The number of piperidine rings is 1. The fourth-order valence-electron chi connectivity index (χ4n) is 4.10. The predicted octanol–water partition coefficient (Wildman–Crippen LogP) is 1.60. The van der Waals surface area contributed by atoms with Gasteiger partial charge < -0.3 is 14.2 Å². The molecule has 5 heteroatoms. The number of carbonyl (C=O) groups is 1. The van der Waals surface area contributed by atoms with E-state index < -0.39 is 0 Å². The van der Waals surface area contributed by atoms with Crippen LogP contribution in [0.5, 0.6) is 0 Å². The number of ether oxygens (including phenoxy) is 3. The summed E-state index contributed by atoms with van der Waals surface area (Å²) in [5.74, 6) is 0.00442. The molecule has 0 saturated carbocycles. The van der Waals surface area contributed by atoms with Gasteiger partial charge in [-0.15, -0.1) is 0 Å². The number of methoxy groups -OCH3 is 1. The average Bonchev–Trinajstić information content (AvgIpc) is 2.55. The van der Waals surface area contributed by atoms with Gasteiger partial charge >= 0.3 is 5.97 Å². The van der Waals surface area contributed by atoms with Crippen LogP contribution in [0.4, 0.5) is 0 Å². The monoisotopic (exact) mass is 297 g/mol. The van der Waals surface area contributed by atoms with E-state index in [2.05, 4.69) is 4.90 Å². The van der Waals surface area contributed by atoms with Crippen LogP contribution in [0.15, 0.2) is 0 Å².